The molecule has 0 saturated carbocycles. The minimum Gasteiger partial charge on any atom is -0.780 e. The predicted octanol–water partition coefficient (Wildman–Crippen LogP) is -3.96. The van der Waals surface area contributed by atoms with Crippen LogP contribution in [0.1, 0.15) is 0 Å². The first-order chi connectivity index (χ1) is 5.10. The average molecular weight is 298 g/mol. The molecule has 0 bridgehead atoms. The summed E-state index contributed by atoms with van der Waals surface area (Å²) in [6, 6.07) is 0. The van der Waals surface area contributed by atoms with Gasteiger partial charge in [-0.25, -0.2) is 4.79 Å². The molecule has 0 aromatic carbocycles. The van der Waals surface area contributed by atoms with E-state index in [0.717, 1.165) is 0 Å². The number of phosphoric ester groups is 2. The van der Waals surface area contributed by atoms with Crippen molar-refractivity contribution in [3.63, 3.8) is 0 Å². The first kappa shape index (κ1) is 21.4. The van der Waals surface area contributed by atoms with Gasteiger partial charge in [-0.05, 0) is 0 Å². The summed E-state index contributed by atoms with van der Waals surface area (Å²) in [5.41, 5.74) is 0. The Balaban J connectivity index is -0.000000605. The van der Waals surface area contributed by atoms with Gasteiger partial charge in [-0.2, -0.15) is 0 Å². The minimum absolute atomic E-state index is 0. The zero-order valence-corrected chi connectivity index (χ0v) is 12.7. The summed E-state index contributed by atoms with van der Waals surface area (Å²) in [5, 5.41) is 0. The molecular weight excluding hydrogens is 298 g/mol. The Hall–Kier alpha value is 2.09. The van der Waals surface area contributed by atoms with Crippen LogP contribution in [0.3, 0.4) is 0 Å². The molecule has 0 spiro atoms. The van der Waals surface area contributed by atoms with Gasteiger partial charge in [-0.3, -0.25) is 0 Å². The normalized spacial score (nSPS) is 10.6. The molecule has 0 rings (SSSR count). The van der Waals surface area contributed by atoms with Crippen molar-refractivity contribution < 1.29 is 42.5 Å². The second kappa shape index (κ2) is 8.22. The fourth-order valence-electron chi connectivity index (χ4n) is 0.199. The van der Waals surface area contributed by atoms with Gasteiger partial charge in [-0.1, -0.05) is 0 Å². The molecule has 0 aliphatic heterocycles. The second-order valence-electron chi connectivity index (χ2n) is 1.33. The maximum atomic E-state index is 9.89. The van der Waals surface area contributed by atoms with Crippen molar-refractivity contribution in [3.05, 3.63) is 0 Å². The Labute approximate surface area is 138 Å². The van der Waals surface area contributed by atoms with Crippen LogP contribution >= 0.6 is 15.6 Å². The third-order valence-corrected chi connectivity index (χ3v) is 1.12. The van der Waals surface area contributed by atoms with Crippen LogP contribution in [0.4, 0.5) is 4.79 Å². The molecule has 0 amide bonds. The van der Waals surface area contributed by atoms with E-state index in [2.05, 4.69) is 9.05 Å². The molecule has 0 saturated heterocycles. The van der Waals surface area contributed by atoms with Gasteiger partial charge in [0, 0.05) is 0 Å². The summed E-state index contributed by atoms with van der Waals surface area (Å²) >= 11 is 0. The second-order valence-corrected chi connectivity index (χ2v) is 3.48. The van der Waals surface area contributed by atoms with E-state index in [1.54, 1.807) is 0 Å². The van der Waals surface area contributed by atoms with Crippen molar-refractivity contribution in [1.29, 1.82) is 0 Å². The van der Waals surface area contributed by atoms with Crippen molar-refractivity contribution in [2.75, 3.05) is 0 Å². The number of carbonyl (C=O) groups excluding carboxylic acids is 1. The summed E-state index contributed by atoms with van der Waals surface area (Å²) in [7, 11) is -11.4. The van der Waals surface area contributed by atoms with E-state index in [9.17, 15) is 33.5 Å². The molecule has 0 fully saturated rings. The van der Waals surface area contributed by atoms with Crippen molar-refractivity contribution in [1.82, 2.24) is 0 Å². The van der Waals surface area contributed by atoms with Crippen LogP contribution in [0.2, 0.25) is 0 Å². The monoisotopic (exact) mass is 298 g/mol. The number of phosphoric acid groups is 2. The van der Waals surface area contributed by atoms with E-state index in [4.69, 9.17) is 0 Å². The minimum atomic E-state index is -5.68. The standard InChI is InChI=1S/CH4O9P2.2Ca/c2-1(9-11(3,4)5)10-12(6,7)8;;/h(H2,3,4,5)(H2,6,7,8);;/q;2*+2/p-4. The molecule has 0 aromatic heterocycles. The van der Waals surface area contributed by atoms with E-state index in [1.165, 1.54) is 0 Å². The molecular formula is CCa2O9P2. The van der Waals surface area contributed by atoms with Gasteiger partial charge in [0.2, 0.25) is 0 Å². The predicted molar refractivity (Wildman–Crippen MR) is 34.3 cm³/mol. The molecule has 14 heavy (non-hydrogen) atoms. The Bertz CT molecular complexity index is 236. The molecule has 0 N–H and O–H groups in total. The van der Waals surface area contributed by atoms with Crippen molar-refractivity contribution in [2.24, 2.45) is 0 Å². The zero-order chi connectivity index (χ0) is 9.99. The fourth-order valence-corrected chi connectivity index (χ4v) is 0.698. The van der Waals surface area contributed by atoms with Gasteiger partial charge >= 0.3 is 81.6 Å². The van der Waals surface area contributed by atoms with Crippen LogP contribution in [0.15, 0.2) is 0 Å². The summed E-state index contributed by atoms with van der Waals surface area (Å²) in [6.45, 7) is 0. The summed E-state index contributed by atoms with van der Waals surface area (Å²) < 4.78 is 24.8. The van der Waals surface area contributed by atoms with Crippen molar-refractivity contribution in [2.45, 2.75) is 0 Å². The van der Waals surface area contributed by atoms with Gasteiger partial charge in [0.25, 0.3) is 0 Å². The molecule has 0 unspecified atom stereocenters. The van der Waals surface area contributed by atoms with Crippen LogP contribution in [-0.2, 0) is 18.2 Å². The molecule has 9 nitrogen and oxygen atoms in total. The topological polar surface area (TPSA) is 162 Å². The number of rotatable bonds is 2. The van der Waals surface area contributed by atoms with Gasteiger partial charge in [-0.15, -0.1) is 0 Å². The van der Waals surface area contributed by atoms with E-state index >= 15 is 0 Å². The quantitative estimate of drug-likeness (QED) is 0.365. The maximum Gasteiger partial charge on any atom is 2.00 e. The Kier molecular flexibility index (Phi) is 12.6. The Morgan fingerprint density at radius 2 is 1.07 bits per heavy atom. The molecule has 0 heterocycles. The van der Waals surface area contributed by atoms with Crippen LogP contribution in [-0.4, -0.2) is 81.6 Å². The first-order valence-electron chi connectivity index (χ1n) is 2.07. The molecule has 0 atom stereocenters. The molecule has 0 aliphatic carbocycles. The third kappa shape index (κ3) is 16.5. The molecule has 0 aliphatic rings. The Morgan fingerprint density at radius 1 is 0.857 bits per heavy atom. The van der Waals surface area contributed by atoms with Crippen LogP contribution in [0.5, 0.6) is 0 Å². The first-order valence-corrected chi connectivity index (χ1v) is 4.99. The van der Waals surface area contributed by atoms with Crippen molar-refractivity contribution in [3.8, 4) is 0 Å². The maximum absolute atomic E-state index is 9.89. The summed E-state index contributed by atoms with van der Waals surface area (Å²) in [5.74, 6) is 0. The smallest absolute Gasteiger partial charge is 0.780 e. The fraction of sp³-hybridized carbons (Fsp3) is 0. The zero-order valence-electron chi connectivity index (χ0n) is 6.48. The number of carbonyl (C=O) groups is 1. The van der Waals surface area contributed by atoms with Gasteiger partial charge < -0.3 is 37.8 Å². The number of hydrogen-bond acceptors (Lipinski definition) is 9. The molecule has 72 valence electrons. The largest absolute Gasteiger partial charge is 2.00 e. The van der Waals surface area contributed by atoms with Crippen LogP contribution in [0.25, 0.3) is 0 Å². The number of hydrogen-bond donors (Lipinski definition) is 0. The van der Waals surface area contributed by atoms with Crippen LogP contribution in [0, 0.1) is 0 Å². The molecule has 0 radical (unpaired) electrons. The summed E-state index contributed by atoms with van der Waals surface area (Å²) in [6.07, 6.45) is -2.39. The third-order valence-electron chi connectivity index (χ3n) is 0.373. The van der Waals surface area contributed by atoms with E-state index in [-0.39, 0.29) is 75.5 Å². The van der Waals surface area contributed by atoms with Gasteiger partial charge in [0.15, 0.2) is 0 Å². The molecule has 13 heteroatoms. The van der Waals surface area contributed by atoms with E-state index in [1.807, 2.05) is 0 Å². The molecule has 0 aromatic rings. The summed E-state index contributed by atoms with van der Waals surface area (Å²) in [4.78, 5) is 48.2. The van der Waals surface area contributed by atoms with Crippen LogP contribution < -0.4 is 19.6 Å². The van der Waals surface area contributed by atoms with E-state index < -0.39 is 21.8 Å². The van der Waals surface area contributed by atoms with Gasteiger partial charge in [0.1, 0.15) is 15.6 Å². The SMILES string of the molecule is O=C(OP(=O)([O-])[O-])OP(=O)([O-])[O-].[Ca+2].[Ca+2]. The Morgan fingerprint density at radius 3 is 1.21 bits per heavy atom. The van der Waals surface area contributed by atoms with Crippen molar-refractivity contribution >= 4 is 97.3 Å². The average Bonchev–Trinajstić information content (AvgIpc) is 1.49. The van der Waals surface area contributed by atoms with Gasteiger partial charge in [0.05, 0.1) is 0 Å². The van der Waals surface area contributed by atoms with E-state index in [0.29, 0.717) is 0 Å².